The van der Waals surface area contributed by atoms with Crippen LogP contribution in [0, 0.1) is 0 Å². The highest BCUT2D eigenvalue weighted by atomic mass is 16.5. The number of aryl methyl sites for hydroxylation is 1. The molecule has 1 amide bonds. The largest absolute Gasteiger partial charge is 0.494 e. The smallest absolute Gasteiger partial charge is 0.224 e. The molecule has 0 aliphatic rings. The normalized spacial score (nSPS) is 11.5. The predicted molar refractivity (Wildman–Crippen MR) is 167 cm³/mol. The Kier molecular flexibility index (Phi) is 8.83. The van der Waals surface area contributed by atoms with Gasteiger partial charge in [0.1, 0.15) is 11.6 Å². The van der Waals surface area contributed by atoms with Gasteiger partial charge in [-0.1, -0.05) is 99.6 Å². The third kappa shape index (κ3) is 7.43. The molecule has 1 aromatic heterocycles. The molecule has 0 aliphatic heterocycles. The molecule has 0 atom stereocenters. The summed E-state index contributed by atoms with van der Waals surface area (Å²) in [4.78, 5) is 17.6. The molecule has 5 rings (SSSR count). The Hall–Kier alpha value is -4.38. The summed E-state index contributed by atoms with van der Waals surface area (Å²) in [5.41, 5.74) is 6.85. The van der Waals surface area contributed by atoms with Gasteiger partial charge in [-0.3, -0.25) is 4.79 Å². The van der Waals surface area contributed by atoms with Crippen LogP contribution >= 0.6 is 0 Å². The topological polar surface area (TPSA) is 56.1 Å². The summed E-state index contributed by atoms with van der Waals surface area (Å²) >= 11 is 0. The van der Waals surface area contributed by atoms with E-state index < -0.39 is 0 Å². The Morgan fingerprint density at radius 1 is 0.829 bits per heavy atom. The first-order chi connectivity index (χ1) is 19.9. The van der Waals surface area contributed by atoms with Gasteiger partial charge in [0.25, 0.3) is 0 Å². The number of hydrogen-bond donors (Lipinski definition) is 1. The van der Waals surface area contributed by atoms with Crippen molar-refractivity contribution in [2.24, 2.45) is 0 Å². The fourth-order valence-corrected chi connectivity index (χ4v) is 5.04. The number of benzene rings is 4. The van der Waals surface area contributed by atoms with E-state index in [0.29, 0.717) is 26.0 Å². The second-order valence-corrected chi connectivity index (χ2v) is 11.5. The lowest BCUT2D eigenvalue weighted by Gasteiger charge is -2.19. The zero-order chi connectivity index (χ0) is 28.7. The van der Waals surface area contributed by atoms with Crippen molar-refractivity contribution < 1.29 is 9.53 Å². The first kappa shape index (κ1) is 28.2. The number of carbonyl (C=O) groups excluding carboxylic acids is 1. The number of aromatic nitrogens is 2. The van der Waals surface area contributed by atoms with Gasteiger partial charge < -0.3 is 14.6 Å². The molecule has 0 spiro atoms. The van der Waals surface area contributed by atoms with Gasteiger partial charge in [-0.05, 0) is 58.4 Å². The molecule has 1 N–H and O–H groups in total. The minimum atomic E-state index is 0.0194. The Bertz CT molecular complexity index is 1560. The highest BCUT2D eigenvalue weighted by Gasteiger charge is 2.14. The lowest BCUT2D eigenvalue weighted by atomic mass is 9.87. The van der Waals surface area contributed by atoms with Crippen LogP contribution in [0.25, 0.3) is 22.2 Å². The maximum atomic E-state index is 12.7. The quantitative estimate of drug-likeness (QED) is 0.176. The molecule has 0 aliphatic carbocycles. The van der Waals surface area contributed by atoms with Gasteiger partial charge in [0.15, 0.2) is 0 Å². The molecule has 5 heteroatoms. The molecular weight excluding hydrogens is 506 g/mol. The van der Waals surface area contributed by atoms with Gasteiger partial charge in [0, 0.05) is 19.5 Å². The van der Waals surface area contributed by atoms with Crippen LogP contribution in [-0.2, 0) is 29.6 Å². The van der Waals surface area contributed by atoms with Crippen LogP contribution in [-0.4, -0.2) is 28.6 Å². The van der Waals surface area contributed by atoms with E-state index in [9.17, 15) is 4.79 Å². The molecule has 0 fully saturated rings. The van der Waals surface area contributed by atoms with Crippen molar-refractivity contribution in [3.8, 4) is 16.9 Å². The summed E-state index contributed by atoms with van der Waals surface area (Å²) in [5.74, 6) is 1.89. The number of carbonyl (C=O) groups is 1. The number of hydrogen-bond acceptors (Lipinski definition) is 3. The molecule has 5 aromatic rings. The van der Waals surface area contributed by atoms with Gasteiger partial charge in [-0.2, -0.15) is 0 Å². The minimum absolute atomic E-state index is 0.0194. The molecule has 0 radical (unpaired) electrons. The second-order valence-electron chi connectivity index (χ2n) is 11.5. The lowest BCUT2D eigenvalue weighted by Crippen LogP contribution is -2.28. The minimum Gasteiger partial charge on any atom is -0.494 e. The van der Waals surface area contributed by atoms with E-state index in [1.165, 1.54) is 11.1 Å². The van der Waals surface area contributed by atoms with Crippen molar-refractivity contribution in [2.45, 2.75) is 52.0 Å². The van der Waals surface area contributed by atoms with E-state index in [2.05, 4.69) is 85.3 Å². The number of nitrogens with zero attached hydrogens (tertiary/aromatic N) is 2. The van der Waals surface area contributed by atoms with Crippen molar-refractivity contribution in [3.63, 3.8) is 0 Å². The van der Waals surface area contributed by atoms with Crippen LogP contribution in [0.2, 0.25) is 0 Å². The van der Waals surface area contributed by atoms with Crippen LogP contribution in [0.4, 0.5) is 0 Å². The van der Waals surface area contributed by atoms with Crippen molar-refractivity contribution >= 4 is 16.9 Å². The third-order valence-electron chi connectivity index (χ3n) is 7.35. The molecule has 0 saturated heterocycles. The van der Waals surface area contributed by atoms with Crippen molar-refractivity contribution in [2.75, 3.05) is 13.2 Å². The lowest BCUT2D eigenvalue weighted by molar-refractivity contribution is -0.120. The van der Waals surface area contributed by atoms with Crippen LogP contribution in [0.15, 0.2) is 103 Å². The summed E-state index contributed by atoms with van der Waals surface area (Å²) in [7, 11) is 0. The average molecular weight is 546 g/mol. The van der Waals surface area contributed by atoms with Gasteiger partial charge in [-0.25, -0.2) is 4.98 Å². The number of ether oxygens (including phenoxy) is 1. The van der Waals surface area contributed by atoms with E-state index >= 15 is 0 Å². The average Bonchev–Trinajstić information content (AvgIpc) is 3.33. The Labute approximate surface area is 243 Å². The van der Waals surface area contributed by atoms with Gasteiger partial charge in [0.2, 0.25) is 5.91 Å². The standard InChI is InChI=1S/C36H39N3O2/c1-36(2,3)30-18-20-31(21-19-30)41-25-9-24-39-33-13-8-7-12-32(33)38-34(39)22-23-37-35(40)26-27-14-16-29(17-15-27)28-10-5-4-6-11-28/h4-8,10-21H,9,22-26H2,1-3H3,(H,37,40). The molecule has 41 heavy (non-hydrogen) atoms. The first-order valence-corrected chi connectivity index (χ1v) is 14.5. The Morgan fingerprint density at radius 3 is 2.24 bits per heavy atom. The first-order valence-electron chi connectivity index (χ1n) is 14.5. The van der Waals surface area contributed by atoms with Crippen molar-refractivity contribution in [1.82, 2.24) is 14.9 Å². The molecule has 0 unspecified atom stereocenters. The van der Waals surface area contributed by atoms with E-state index in [0.717, 1.165) is 46.7 Å². The molecular formula is C36H39N3O2. The molecule has 0 saturated carbocycles. The highest BCUT2D eigenvalue weighted by molar-refractivity contribution is 5.79. The number of nitrogens with one attached hydrogen (secondary N) is 1. The van der Waals surface area contributed by atoms with Gasteiger partial charge in [-0.15, -0.1) is 0 Å². The number of amides is 1. The summed E-state index contributed by atoms with van der Waals surface area (Å²) < 4.78 is 8.29. The summed E-state index contributed by atoms with van der Waals surface area (Å²) in [6.45, 7) is 8.61. The van der Waals surface area contributed by atoms with Crippen molar-refractivity contribution in [1.29, 1.82) is 0 Å². The number of para-hydroxylation sites is 2. The fourth-order valence-electron chi connectivity index (χ4n) is 5.04. The van der Waals surface area contributed by atoms with Crippen LogP contribution < -0.4 is 10.1 Å². The van der Waals surface area contributed by atoms with E-state index in [1.54, 1.807) is 0 Å². The number of rotatable bonds is 11. The molecule has 210 valence electrons. The third-order valence-corrected chi connectivity index (χ3v) is 7.35. The van der Waals surface area contributed by atoms with E-state index in [1.807, 2.05) is 48.5 Å². The summed E-state index contributed by atoms with van der Waals surface area (Å²) in [6, 6.07) is 35.1. The van der Waals surface area contributed by atoms with Crippen LogP contribution in [0.5, 0.6) is 5.75 Å². The summed E-state index contributed by atoms with van der Waals surface area (Å²) in [6.07, 6.45) is 1.89. The van der Waals surface area contributed by atoms with Crippen molar-refractivity contribution in [3.05, 3.63) is 120 Å². The maximum absolute atomic E-state index is 12.7. The number of fused-ring (bicyclic) bond motifs is 1. The zero-order valence-corrected chi connectivity index (χ0v) is 24.3. The molecule has 0 bridgehead atoms. The number of imidazole rings is 1. The summed E-state index contributed by atoms with van der Waals surface area (Å²) in [5, 5.41) is 3.08. The predicted octanol–water partition coefficient (Wildman–Crippen LogP) is 7.37. The van der Waals surface area contributed by atoms with Crippen LogP contribution in [0.3, 0.4) is 0 Å². The molecule has 5 nitrogen and oxygen atoms in total. The Balaban J connectivity index is 1.13. The monoisotopic (exact) mass is 545 g/mol. The zero-order valence-electron chi connectivity index (χ0n) is 24.3. The Morgan fingerprint density at radius 2 is 1.51 bits per heavy atom. The van der Waals surface area contributed by atoms with E-state index in [4.69, 9.17) is 9.72 Å². The van der Waals surface area contributed by atoms with Crippen LogP contribution in [0.1, 0.15) is 44.1 Å². The molecule has 4 aromatic carbocycles. The fraction of sp³-hybridized carbons (Fsp3) is 0.278. The van der Waals surface area contributed by atoms with Gasteiger partial charge >= 0.3 is 0 Å². The highest BCUT2D eigenvalue weighted by Crippen LogP contribution is 2.24. The van der Waals surface area contributed by atoms with E-state index in [-0.39, 0.29) is 11.3 Å². The maximum Gasteiger partial charge on any atom is 0.224 e. The SMILES string of the molecule is CC(C)(C)c1ccc(OCCCn2c(CCNC(=O)Cc3ccc(-c4ccccc4)cc3)nc3ccccc32)cc1. The molecule has 1 heterocycles. The second kappa shape index (κ2) is 12.9. The van der Waals surface area contributed by atoms with Gasteiger partial charge in [0.05, 0.1) is 24.1 Å².